The lowest BCUT2D eigenvalue weighted by Gasteiger charge is -2.20. The summed E-state index contributed by atoms with van der Waals surface area (Å²) in [6.45, 7) is 0. The van der Waals surface area contributed by atoms with Gasteiger partial charge in [0.15, 0.2) is 0 Å². The van der Waals surface area contributed by atoms with Gasteiger partial charge in [0, 0.05) is 10.6 Å². The van der Waals surface area contributed by atoms with Gasteiger partial charge >= 0.3 is 12.1 Å². The number of hydrogen-bond acceptors (Lipinski definition) is 2. The molecule has 1 aromatic rings. The second kappa shape index (κ2) is 4.83. The molecule has 0 aromatic heterocycles. The van der Waals surface area contributed by atoms with Crippen molar-refractivity contribution in [3.8, 4) is 5.75 Å². The summed E-state index contributed by atoms with van der Waals surface area (Å²) < 4.78 is 38.1. The molecule has 1 rings (SSSR count). The molecule has 0 heterocycles. The Kier molecular flexibility index (Phi) is 3.87. The third-order valence-corrected chi connectivity index (χ3v) is 2.48. The van der Waals surface area contributed by atoms with E-state index in [1.165, 1.54) is 6.07 Å². The first-order chi connectivity index (χ1) is 7.73. The summed E-state index contributed by atoms with van der Waals surface area (Å²) in [4.78, 5) is 10.4. The van der Waals surface area contributed by atoms with E-state index in [4.69, 9.17) is 16.7 Å². The largest absolute Gasteiger partial charge is 0.508 e. The highest BCUT2D eigenvalue weighted by molar-refractivity contribution is 6.31. The minimum absolute atomic E-state index is 0.312. The van der Waals surface area contributed by atoms with E-state index in [2.05, 4.69) is 0 Å². The number of halogens is 4. The molecular formula is C10H8ClF3O3. The average molecular weight is 269 g/mol. The van der Waals surface area contributed by atoms with E-state index < -0.39 is 35.8 Å². The van der Waals surface area contributed by atoms with Crippen LogP contribution in [0.3, 0.4) is 0 Å². The fourth-order valence-electron chi connectivity index (χ4n) is 1.43. The number of carbonyl (C=O) groups is 1. The number of rotatable bonds is 3. The summed E-state index contributed by atoms with van der Waals surface area (Å²) in [5.74, 6) is -4.61. The minimum atomic E-state index is -4.79. The number of aromatic hydroxyl groups is 1. The van der Waals surface area contributed by atoms with Crippen molar-refractivity contribution in [3.63, 3.8) is 0 Å². The van der Waals surface area contributed by atoms with Gasteiger partial charge in [0.05, 0.1) is 12.3 Å². The maximum absolute atomic E-state index is 12.7. The second-order valence-electron chi connectivity index (χ2n) is 3.36. The van der Waals surface area contributed by atoms with Gasteiger partial charge in [-0.15, -0.1) is 0 Å². The molecule has 0 aliphatic rings. The standard InChI is InChI=1S/C10H8ClF3O3/c11-6-2-1-3-7(15)9(6)5(4-8(16)17)10(12,13)14/h1-3,5,15H,4H2,(H,16,17). The first kappa shape index (κ1) is 13.6. The van der Waals surface area contributed by atoms with Crippen LogP contribution < -0.4 is 0 Å². The normalized spacial score (nSPS) is 13.4. The molecule has 0 aliphatic carbocycles. The summed E-state index contributed by atoms with van der Waals surface area (Å²) in [5, 5.41) is 17.5. The zero-order valence-electron chi connectivity index (χ0n) is 8.33. The molecule has 0 radical (unpaired) electrons. The first-order valence-corrected chi connectivity index (χ1v) is 4.87. The molecule has 0 bridgehead atoms. The highest BCUT2D eigenvalue weighted by atomic mass is 35.5. The lowest BCUT2D eigenvalue weighted by atomic mass is 9.94. The van der Waals surface area contributed by atoms with E-state index in [1.54, 1.807) is 0 Å². The Bertz CT molecular complexity index is 411. The van der Waals surface area contributed by atoms with Gasteiger partial charge in [-0.05, 0) is 12.1 Å². The van der Waals surface area contributed by atoms with Gasteiger partial charge in [0.1, 0.15) is 5.75 Å². The molecule has 1 unspecified atom stereocenters. The summed E-state index contributed by atoms with van der Waals surface area (Å²) in [5.41, 5.74) is -0.607. The predicted molar refractivity (Wildman–Crippen MR) is 54.2 cm³/mol. The molecule has 3 nitrogen and oxygen atoms in total. The number of hydrogen-bond donors (Lipinski definition) is 2. The molecule has 0 aliphatic heterocycles. The van der Waals surface area contributed by atoms with Crippen LogP contribution in [0.4, 0.5) is 13.2 Å². The van der Waals surface area contributed by atoms with Crippen molar-refractivity contribution in [1.29, 1.82) is 0 Å². The topological polar surface area (TPSA) is 57.5 Å². The maximum atomic E-state index is 12.7. The van der Waals surface area contributed by atoms with Crippen LogP contribution in [-0.4, -0.2) is 22.4 Å². The Balaban J connectivity index is 3.27. The van der Waals surface area contributed by atoms with Crippen molar-refractivity contribution >= 4 is 17.6 Å². The van der Waals surface area contributed by atoms with Gasteiger partial charge in [-0.2, -0.15) is 13.2 Å². The van der Waals surface area contributed by atoms with Crippen LogP contribution in [0.5, 0.6) is 5.75 Å². The number of benzene rings is 1. The summed E-state index contributed by atoms with van der Waals surface area (Å²) in [7, 11) is 0. The zero-order chi connectivity index (χ0) is 13.2. The van der Waals surface area contributed by atoms with Crippen molar-refractivity contribution in [2.75, 3.05) is 0 Å². The van der Waals surface area contributed by atoms with Crippen molar-refractivity contribution in [1.82, 2.24) is 0 Å². The van der Waals surface area contributed by atoms with Crippen LogP contribution >= 0.6 is 11.6 Å². The van der Waals surface area contributed by atoms with E-state index in [-0.39, 0.29) is 5.02 Å². The van der Waals surface area contributed by atoms with Crippen LogP contribution in [0.25, 0.3) is 0 Å². The second-order valence-corrected chi connectivity index (χ2v) is 3.77. The average Bonchev–Trinajstić information content (AvgIpc) is 2.13. The van der Waals surface area contributed by atoms with E-state index in [9.17, 15) is 23.1 Å². The monoisotopic (exact) mass is 268 g/mol. The quantitative estimate of drug-likeness (QED) is 0.885. The van der Waals surface area contributed by atoms with Crippen molar-refractivity contribution < 1.29 is 28.2 Å². The van der Waals surface area contributed by atoms with Crippen molar-refractivity contribution in [3.05, 3.63) is 28.8 Å². The molecule has 7 heteroatoms. The van der Waals surface area contributed by atoms with Crippen LogP contribution in [0.2, 0.25) is 5.02 Å². The smallest absolute Gasteiger partial charge is 0.396 e. The van der Waals surface area contributed by atoms with E-state index in [1.807, 2.05) is 0 Å². The summed E-state index contributed by atoms with van der Waals surface area (Å²) in [6, 6.07) is 3.47. The molecule has 0 saturated carbocycles. The number of aliphatic carboxylic acids is 1. The van der Waals surface area contributed by atoms with E-state index in [0.29, 0.717) is 0 Å². The highest BCUT2D eigenvalue weighted by Gasteiger charge is 2.44. The minimum Gasteiger partial charge on any atom is -0.508 e. The molecule has 0 spiro atoms. The van der Waals surface area contributed by atoms with Gasteiger partial charge in [-0.25, -0.2) is 0 Å². The predicted octanol–water partition coefficient (Wildman–Crippen LogP) is 3.17. The number of carboxylic acids is 1. The molecule has 2 N–H and O–H groups in total. The summed E-state index contributed by atoms with van der Waals surface area (Å²) >= 11 is 5.56. The fourth-order valence-corrected chi connectivity index (χ4v) is 1.73. The van der Waals surface area contributed by atoms with Gasteiger partial charge in [0.25, 0.3) is 0 Å². The molecule has 1 aromatic carbocycles. The third-order valence-electron chi connectivity index (χ3n) is 2.15. The maximum Gasteiger partial charge on any atom is 0.396 e. The van der Waals surface area contributed by atoms with Crippen molar-refractivity contribution in [2.45, 2.75) is 18.5 Å². The van der Waals surface area contributed by atoms with Gasteiger partial charge in [-0.1, -0.05) is 17.7 Å². The lowest BCUT2D eigenvalue weighted by Crippen LogP contribution is -2.24. The molecule has 1 atom stereocenters. The van der Waals surface area contributed by atoms with Crippen molar-refractivity contribution in [2.24, 2.45) is 0 Å². The van der Waals surface area contributed by atoms with E-state index in [0.717, 1.165) is 12.1 Å². The van der Waals surface area contributed by atoms with E-state index >= 15 is 0 Å². The Morgan fingerprint density at radius 3 is 2.41 bits per heavy atom. The highest BCUT2D eigenvalue weighted by Crippen LogP contribution is 2.44. The van der Waals surface area contributed by atoms with Crippen LogP contribution in [0.1, 0.15) is 17.9 Å². The molecular weight excluding hydrogens is 261 g/mol. The van der Waals surface area contributed by atoms with Crippen LogP contribution in [0, 0.1) is 0 Å². The Morgan fingerprint density at radius 1 is 1.41 bits per heavy atom. The zero-order valence-corrected chi connectivity index (χ0v) is 9.09. The number of carboxylic acid groups (broad SMARTS) is 1. The summed E-state index contributed by atoms with van der Waals surface area (Å²) in [6.07, 6.45) is -5.97. The van der Waals surface area contributed by atoms with Gasteiger partial charge in [0.2, 0.25) is 0 Å². The van der Waals surface area contributed by atoms with Gasteiger partial charge < -0.3 is 10.2 Å². The van der Waals surface area contributed by atoms with Crippen LogP contribution in [-0.2, 0) is 4.79 Å². The molecule has 0 amide bonds. The number of phenolic OH excluding ortho intramolecular Hbond substituents is 1. The Labute approximate surface area is 99.4 Å². The molecule has 0 fully saturated rings. The van der Waals surface area contributed by atoms with Crippen LogP contribution in [0.15, 0.2) is 18.2 Å². The lowest BCUT2D eigenvalue weighted by molar-refractivity contribution is -0.163. The SMILES string of the molecule is O=C(O)CC(c1c(O)cccc1Cl)C(F)(F)F. The first-order valence-electron chi connectivity index (χ1n) is 4.49. The Hall–Kier alpha value is -1.43. The Morgan fingerprint density at radius 2 is 2.00 bits per heavy atom. The molecule has 94 valence electrons. The number of phenols is 1. The fraction of sp³-hybridized carbons (Fsp3) is 0.300. The third kappa shape index (κ3) is 3.26. The molecule has 0 saturated heterocycles. The number of alkyl halides is 3. The molecule has 17 heavy (non-hydrogen) atoms. The van der Waals surface area contributed by atoms with Gasteiger partial charge in [-0.3, -0.25) is 4.79 Å².